The highest BCUT2D eigenvalue weighted by atomic mass is 16.5. The van der Waals surface area contributed by atoms with Crippen LogP contribution in [0.1, 0.15) is 11.5 Å². The number of methoxy groups -OCH3 is 2. The van der Waals surface area contributed by atoms with Gasteiger partial charge in [0.15, 0.2) is 6.10 Å². The van der Waals surface area contributed by atoms with Crippen LogP contribution in [-0.4, -0.2) is 47.8 Å². The van der Waals surface area contributed by atoms with E-state index in [9.17, 15) is 19.9 Å². The van der Waals surface area contributed by atoms with Gasteiger partial charge in [0.2, 0.25) is 5.69 Å². The molecule has 0 aliphatic carbocycles. The number of benzene rings is 1. The van der Waals surface area contributed by atoms with Crippen LogP contribution in [0.4, 0.5) is 5.69 Å². The molecule has 0 radical (unpaired) electrons. The first-order valence-electron chi connectivity index (χ1n) is 5.80. The normalized spacial score (nSPS) is 18.4. The van der Waals surface area contributed by atoms with Gasteiger partial charge in [-0.15, -0.1) is 0 Å². The average molecular weight is 279 g/mol. The van der Waals surface area contributed by atoms with Crippen LogP contribution in [0, 0.1) is 5.21 Å². The summed E-state index contributed by atoms with van der Waals surface area (Å²) in [5.41, 5.74) is 0.230. The number of aliphatic hydroxyl groups excluding tert-OH is 1. The van der Waals surface area contributed by atoms with E-state index in [2.05, 4.69) is 9.47 Å². The van der Waals surface area contributed by atoms with E-state index < -0.39 is 24.0 Å². The lowest BCUT2D eigenvalue weighted by atomic mass is 9.90. The van der Waals surface area contributed by atoms with Gasteiger partial charge in [0, 0.05) is 11.6 Å². The molecule has 106 valence electrons. The Morgan fingerprint density at radius 3 is 2.55 bits per heavy atom. The number of rotatable bonds is 3. The molecule has 0 saturated carbocycles. The Kier molecular flexibility index (Phi) is 3.71. The molecule has 0 spiro atoms. The third-order valence-electron chi connectivity index (χ3n) is 3.16. The number of esters is 2. The SMILES string of the molecule is COC(=O)C1=[N+]([O-])c2ccccc2[C@H]1[C@H](O)C(=O)OC. The van der Waals surface area contributed by atoms with Crippen molar-refractivity contribution in [3.63, 3.8) is 0 Å². The molecular weight excluding hydrogens is 266 g/mol. The van der Waals surface area contributed by atoms with Gasteiger partial charge < -0.3 is 19.8 Å². The van der Waals surface area contributed by atoms with E-state index in [1.54, 1.807) is 18.2 Å². The molecule has 7 heteroatoms. The second kappa shape index (κ2) is 5.30. The lowest BCUT2D eigenvalue weighted by Crippen LogP contribution is -2.37. The zero-order valence-electron chi connectivity index (χ0n) is 10.9. The van der Waals surface area contributed by atoms with Crippen LogP contribution >= 0.6 is 0 Å². The third-order valence-corrected chi connectivity index (χ3v) is 3.16. The summed E-state index contributed by atoms with van der Waals surface area (Å²) in [7, 11) is 2.23. The fraction of sp³-hybridized carbons (Fsp3) is 0.308. The minimum Gasteiger partial charge on any atom is -0.618 e. The lowest BCUT2D eigenvalue weighted by Gasteiger charge is -2.14. The number of para-hydroxylation sites is 1. The summed E-state index contributed by atoms with van der Waals surface area (Å²) in [4.78, 5) is 23.3. The summed E-state index contributed by atoms with van der Waals surface area (Å²) in [5.74, 6) is -2.94. The van der Waals surface area contributed by atoms with E-state index in [1.807, 2.05) is 0 Å². The van der Waals surface area contributed by atoms with Crippen molar-refractivity contribution in [2.45, 2.75) is 12.0 Å². The first kappa shape index (κ1) is 14.0. The number of ether oxygens (including phenoxy) is 2. The van der Waals surface area contributed by atoms with Crippen molar-refractivity contribution >= 4 is 23.3 Å². The van der Waals surface area contributed by atoms with Gasteiger partial charge in [0.05, 0.1) is 14.2 Å². The molecule has 0 fully saturated rings. The van der Waals surface area contributed by atoms with Crippen molar-refractivity contribution in [3.05, 3.63) is 35.0 Å². The minimum atomic E-state index is -1.66. The smallest absolute Gasteiger partial charge is 0.400 e. The average Bonchev–Trinajstić information content (AvgIpc) is 2.78. The number of nitrogens with zero attached hydrogens (tertiary/aromatic N) is 1. The molecule has 1 N–H and O–H groups in total. The van der Waals surface area contributed by atoms with Crippen molar-refractivity contribution < 1.29 is 28.9 Å². The van der Waals surface area contributed by atoms with E-state index in [0.29, 0.717) is 10.3 Å². The van der Waals surface area contributed by atoms with E-state index in [0.717, 1.165) is 14.2 Å². The van der Waals surface area contributed by atoms with Gasteiger partial charge in [0.1, 0.15) is 5.92 Å². The molecule has 7 nitrogen and oxygen atoms in total. The van der Waals surface area contributed by atoms with Gasteiger partial charge in [-0.25, -0.2) is 9.59 Å². The second-order valence-corrected chi connectivity index (χ2v) is 4.18. The van der Waals surface area contributed by atoms with Gasteiger partial charge in [-0.2, -0.15) is 4.74 Å². The Morgan fingerprint density at radius 2 is 1.95 bits per heavy atom. The highest BCUT2D eigenvalue weighted by molar-refractivity contribution is 6.38. The van der Waals surface area contributed by atoms with Gasteiger partial charge in [-0.3, -0.25) is 0 Å². The first-order valence-corrected chi connectivity index (χ1v) is 5.80. The van der Waals surface area contributed by atoms with Crippen LogP contribution in [0.3, 0.4) is 0 Å². The topological polar surface area (TPSA) is 98.9 Å². The molecule has 2 atom stereocenters. The van der Waals surface area contributed by atoms with Crippen molar-refractivity contribution in [3.8, 4) is 0 Å². The molecule has 0 bridgehead atoms. The van der Waals surface area contributed by atoms with E-state index in [-0.39, 0.29) is 11.4 Å². The minimum absolute atomic E-state index is 0.195. The highest BCUT2D eigenvalue weighted by Crippen LogP contribution is 2.37. The van der Waals surface area contributed by atoms with Gasteiger partial charge in [0.25, 0.3) is 5.71 Å². The van der Waals surface area contributed by atoms with Crippen LogP contribution in [0.25, 0.3) is 0 Å². The summed E-state index contributed by atoms with van der Waals surface area (Å²) in [6.07, 6.45) is -1.66. The Labute approximate surface area is 114 Å². The van der Waals surface area contributed by atoms with E-state index >= 15 is 0 Å². The van der Waals surface area contributed by atoms with Crippen LogP contribution < -0.4 is 0 Å². The fourth-order valence-electron chi connectivity index (χ4n) is 2.23. The number of hydrogen-bond acceptors (Lipinski definition) is 6. The zero-order chi connectivity index (χ0) is 14.9. The van der Waals surface area contributed by atoms with Crippen LogP contribution in [0.5, 0.6) is 0 Å². The summed E-state index contributed by atoms with van der Waals surface area (Å²) < 4.78 is 9.38. The third kappa shape index (κ3) is 2.01. The van der Waals surface area contributed by atoms with Crippen LogP contribution in [-0.2, 0) is 19.1 Å². The first-order chi connectivity index (χ1) is 9.52. The van der Waals surface area contributed by atoms with Gasteiger partial charge >= 0.3 is 11.9 Å². The monoisotopic (exact) mass is 279 g/mol. The maximum Gasteiger partial charge on any atom is 0.400 e. The van der Waals surface area contributed by atoms with E-state index in [4.69, 9.17) is 0 Å². The molecule has 0 amide bonds. The summed E-state index contributed by atoms with van der Waals surface area (Å²) in [5, 5.41) is 22.2. The molecule has 1 aliphatic heterocycles. The van der Waals surface area contributed by atoms with Crippen molar-refractivity contribution in [1.82, 2.24) is 0 Å². The predicted molar refractivity (Wildman–Crippen MR) is 67.5 cm³/mol. The molecule has 1 aromatic carbocycles. The number of carbonyl (C=O) groups is 2. The van der Waals surface area contributed by atoms with Crippen molar-refractivity contribution in [1.29, 1.82) is 0 Å². The summed E-state index contributed by atoms with van der Waals surface area (Å²) in [6, 6.07) is 6.32. The molecule has 0 aromatic heterocycles. The molecule has 1 heterocycles. The molecule has 2 rings (SSSR count). The quantitative estimate of drug-likeness (QED) is 0.477. The second-order valence-electron chi connectivity index (χ2n) is 4.18. The van der Waals surface area contributed by atoms with Gasteiger partial charge in [-0.05, 0) is 0 Å². The lowest BCUT2D eigenvalue weighted by molar-refractivity contribution is -0.357. The molecule has 0 unspecified atom stereocenters. The molecular formula is C13H13NO6. The molecule has 1 aliphatic rings. The fourth-order valence-corrected chi connectivity index (χ4v) is 2.23. The molecule has 1 aromatic rings. The van der Waals surface area contributed by atoms with Crippen LogP contribution in [0.2, 0.25) is 0 Å². The molecule has 0 saturated heterocycles. The maximum atomic E-state index is 12.1. The largest absolute Gasteiger partial charge is 0.618 e. The Balaban J connectivity index is 2.57. The maximum absolute atomic E-state index is 12.1. The number of aliphatic hydroxyl groups is 1. The predicted octanol–water partition coefficient (Wildman–Crippen LogP) is 0.0735. The summed E-state index contributed by atoms with van der Waals surface area (Å²) >= 11 is 0. The van der Waals surface area contributed by atoms with Gasteiger partial charge in [-0.1, -0.05) is 18.2 Å². The highest BCUT2D eigenvalue weighted by Gasteiger charge is 2.48. The molecule has 20 heavy (non-hydrogen) atoms. The van der Waals surface area contributed by atoms with Crippen LogP contribution in [0.15, 0.2) is 24.3 Å². The zero-order valence-corrected chi connectivity index (χ0v) is 10.9. The van der Waals surface area contributed by atoms with E-state index in [1.165, 1.54) is 6.07 Å². The Hall–Kier alpha value is -2.41. The van der Waals surface area contributed by atoms with Crippen molar-refractivity contribution in [2.24, 2.45) is 0 Å². The number of carbonyl (C=O) groups excluding carboxylic acids is 2. The number of hydrogen-bond donors (Lipinski definition) is 1. The number of fused-ring (bicyclic) bond motifs is 1. The van der Waals surface area contributed by atoms with Crippen molar-refractivity contribution in [2.75, 3.05) is 14.2 Å². The Morgan fingerprint density at radius 1 is 1.30 bits per heavy atom. The Bertz CT molecular complexity index is 594. The standard InChI is InChI=1S/C13H13NO6/c1-19-12(16)10-9(11(15)13(17)20-2)7-5-3-4-6-8(7)14(10)18/h3-6,9,11,15H,1-2H3/t9-,11+/m1/s1. The summed E-state index contributed by atoms with van der Waals surface area (Å²) in [6.45, 7) is 0.